The van der Waals surface area contributed by atoms with E-state index in [2.05, 4.69) is 11.8 Å². The van der Waals surface area contributed by atoms with E-state index in [1.165, 1.54) is 6.42 Å². The van der Waals surface area contributed by atoms with Crippen molar-refractivity contribution in [1.82, 2.24) is 4.90 Å². The number of ether oxygens (including phenoxy) is 2. The minimum absolute atomic E-state index is 0.219. The molecule has 0 aromatic rings. The van der Waals surface area contributed by atoms with Crippen molar-refractivity contribution in [2.24, 2.45) is 5.73 Å². The van der Waals surface area contributed by atoms with E-state index in [4.69, 9.17) is 15.2 Å². The van der Waals surface area contributed by atoms with Crippen LogP contribution in [0.25, 0.3) is 0 Å². The third-order valence-electron chi connectivity index (χ3n) is 2.74. The molecule has 4 heteroatoms. The Hall–Kier alpha value is -0.160. The second-order valence-electron chi connectivity index (χ2n) is 4.26. The third-order valence-corrected chi connectivity index (χ3v) is 2.74. The molecule has 1 aliphatic rings. The summed E-state index contributed by atoms with van der Waals surface area (Å²) in [6, 6.07) is 0. The zero-order valence-electron chi connectivity index (χ0n) is 9.95. The van der Waals surface area contributed by atoms with Crippen LogP contribution in [0.2, 0.25) is 0 Å². The van der Waals surface area contributed by atoms with E-state index in [1.54, 1.807) is 7.11 Å². The molecule has 0 spiro atoms. The fourth-order valence-electron chi connectivity index (χ4n) is 2.04. The van der Waals surface area contributed by atoms with E-state index >= 15 is 0 Å². The molecule has 1 aliphatic heterocycles. The Morgan fingerprint density at radius 1 is 1.40 bits per heavy atom. The van der Waals surface area contributed by atoms with Crippen LogP contribution in [0.4, 0.5) is 0 Å². The second-order valence-corrected chi connectivity index (χ2v) is 4.26. The van der Waals surface area contributed by atoms with Gasteiger partial charge in [0, 0.05) is 33.4 Å². The van der Waals surface area contributed by atoms with Crippen LogP contribution in [0.5, 0.6) is 0 Å². The van der Waals surface area contributed by atoms with Crippen LogP contribution in [0.1, 0.15) is 19.8 Å². The number of hydrogen-bond donors (Lipinski definition) is 1. The van der Waals surface area contributed by atoms with Crippen LogP contribution in [-0.2, 0) is 9.47 Å². The largest absolute Gasteiger partial charge is 0.385 e. The van der Waals surface area contributed by atoms with Crippen LogP contribution in [0.15, 0.2) is 0 Å². The van der Waals surface area contributed by atoms with E-state index in [0.29, 0.717) is 12.6 Å². The Labute approximate surface area is 92.7 Å². The molecular formula is C11H24N2O2. The summed E-state index contributed by atoms with van der Waals surface area (Å²) in [6.07, 6.45) is 2.86. The average molecular weight is 216 g/mol. The Morgan fingerprint density at radius 3 is 2.87 bits per heavy atom. The molecule has 0 radical (unpaired) electrons. The first-order chi connectivity index (χ1) is 7.26. The van der Waals surface area contributed by atoms with Gasteiger partial charge < -0.3 is 15.2 Å². The van der Waals surface area contributed by atoms with Gasteiger partial charge in [0.2, 0.25) is 0 Å². The molecule has 2 unspecified atom stereocenters. The van der Waals surface area contributed by atoms with Gasteiger partial charge in [-0.1, -0.05) is 0 Å². The molecule has 90 valence electrons. The normalized spacial score (nSPS) is 28.2. The van der Waals surface area contributed by atoms with Crippen molar-refractivity contribution in [3.8, 4) is 0 Å². The molecule has 0 amide bonds. The Balaban J connectivity index is 2.16. The number of nitrogens with zero attached hydrogens (tertiary/aromatic N) is 1. The molecule has 1 saturated heterocycles. The van der Waals surface area contributed by atoms with E-state index in [-0.39, 0.29) is 6.10 Å². The van der Waals surface area contributed by atoms with Crippen molar-refractivity contribution in [3.05, 3.63) is 0 Å². The lowest BCUT2D eigenvalue weighted by Crippen LogP contribution is -2.49. The van der Waals surface area contributed by atoms with Gasteiger partial charge in [-0.15, -0.1) is 0 Å². The summed E-state index contributed by atoms with van der Waals surface area (Å²) in [5, 5.41) is 0. The predicted molar refractivity (Wildman–Crippen MR) is 60.9 cm³/mol. The smallest absolute Gasteiger partial charge is 0.0828 e. The number of unbranched alkanes of at least 4 members (excludes halogenated alkanes) is 1. The van der Waals surface area contributed by atoms with Gasteiger partial charge in [0.15, 0.2) is 0 Å². The quantitative estimate of drug-likeness (QED) is 0.655. The van der Waals surface area contributed by atoms with Crippen molar-refractivity contribution in [3.63, 3.8) is 0 Å². The molecule has 2 N–H and O–H groups in total. The predicted octanol–water partition coefficient (Wildman–Crippen LogP) is 0.461. The van der Waals surface area contributed by atoms with E-state index in [0.717, 1.165) is 32.7 Å². The average Bonchev–Trinajstić information content (AvgIpc) is 2.23. The fraction of sp³-hybridized carbons (Fsp3) is 1.00. The minimum atomic E-state index is 0.219. The lowest BCUT2D eigenvalue weighted by Gasteiger charge is -2.36. The summed E-state index contributed by atoms with van der Waals surface area (Å²) in [5.41, 5.74) is 5.63. The number of nitrogens with two attached hydrogens (primary N) is 1. The molecule has 15 heavy (non-hydrogen) atoms. The SMILES string of the molecule is COCCCCN1CC(C)OC(CN)C1. The third kappa shape index (κ3) is 4.93. The standard InChI is InChI=1S/C11H24N2O2/c1-10-8-13(5-3-4-6-14-2)9-11(7-12)15-10/h10-11H,3-9,12H2,1-2H3. The number of morpholine rings is 1. The molecule has 2 atom stereocenters. The van der Waals surface area contributed by atoms with Gasteiger partial charge in [-0.25, -0.2) is 0 Å². The highest BCUT2D eigenvalue weighted by Gasteiger charge is 2.23. The molecule has 0 aromatic heterocycles. The molecule has 1 heterocycles. The first-order valence-electron chi connectivity index (χ1n) is 5.83. The molecule has 0 aliphatic carbocycles. The topological polar surface area (TPSA) is 47.7 Å². The van der Waals surface area contributed by atoms with E-state index < -0.39 is 0 Å². The van der Waals surface area contributed by atoms with Gasteiger partial charge >= 0.3 is 0 Å². The maximum Gasteiger partial charge on any atom is 0.0828 e. The first-order valence-corrected chi connectivity index (χ1v) is 5.83. The first kappa shape index (κ1) is 12.9. The van der Waals surface area contributed by atoms with Crippen LogP contribution in [0, 0.1) is 0 Å². The summed E-state index contributed by atoms with van der Waals surface area (Å²) >= 11 is 0. The van der Waals surface area contributed by atoms with Crippen molar-refractivity contribution in [2.75, 3.05) is 39.9 Å². The van der Waals surface area contributed by atoms with Crippen molar-refractivity contribution < 1.29 is 9.47 Å². The van der Waals surface area contributed by atoms with Crippen molar-refractivity contribution >= 4 is 0 Å². The maximum atomic E-state index is 5.70. The lowest BCUT2D eigenvalue weighted by atomic mass is 10.2. The highest BCUT2D eigenvalue weighted by molar-refractivity contribution is 4.76. The van der Waals surface area contributed by atoms with Crippen LogP contribution in [0.3, 0.4) is 0 Å². The summed E-state index contributed by atoms with van der Waals surface area (Å²) in [4.78, 5) is 2.45. The van der Waals surface area contributed by atoms with Gasteiger partial charge in [-0.3, -0.25) is 4.90 Å². The van der Waals surface area contributed by atoms with Crippen molar-refractivity contribution in [1.29, 1.82) is 0 Å². The molecule has 0 aromatic carbocycles. The van der Waals surface area contributed by atoms with Crippen LogP contribution >= 0.6 is 0 Å². The van der Waals surface area contributed by atoms with Crippen molar-refractivity contribution in [2.45, 2.75) is 32.0 Å². The minimum Gasteiger partial charge on any atom is -0.385 e. The van der Waals surface area contributed by atoms with E-state index in [9.17, 15) is 0 Å². The lowest BCUT2D eigenvalue weighted by molar-refractivity contribution is -0.0724. The molecule has 4 nitrogen and oxygen atoms in total. The van der Waals surface area contributed by atoms with E-state index in [1.807, 2.05) is 0 Å². The summed E-state index contributed by atoms with van der Waals surface area (Å²) in [7, 11) is 1.75. The number of hydrogen-bond acceptors (Lipinski definition) is 4. The van der Waals surface area contributed by atoms with Gasteiger partial charge in [-0.05, 0) is 26.3 Å². The Bertz CT molecular complexity index is 167. The molecule has 1 fully saturated rings. The summed E-state index contributed by atoms with van der Waals surface area (Å²) in [6.45, 7) is 6.74. The van der Waals surface area contributed by atoms with Gasteiger partial charge in [-0.2, -0.15) is 0 Å². The molecule has 1 rings (SSSR count). The fourth-order valence-corrected chi connectivity index (χ4v) is 2.04. The number of rotatable bonds is 6. The van der Waals surface area contributed by atoms with Gasteiger partial charge in [0.25, 0.3) is 0 Å². The summed E-state index contributed by atoms with van der Waals surface area (Å²) < 4.78 is 10.7. The number of methoxy groups -OCH3 is 1. The molecule has 0 bridgehead atoms. The van der Waals surface area contributed by atoms with Gasteiger partial charge in [0.1, 0.15) is 0 Å². The molecule has 0 saturated carbocycles. The highest BCUT2D eigenvalue weighted by Crippen LogP contribution is 2.10. The maximum absolute atomic E-state index is 5.70. The summed E-state index contributed by atoms with van der Waals surface area (Å²) in [5.74, 6) is 0. The molecular weight excluding hydrogens is 192 g/mol. The zero-order chi connectivity index (χ0) is 11.1. The van der Waals surface area contributed by atoms with Gasteiger partial charge in [0.05, 0.1) is 12.2 Å². The highest BCUT2D eigenvalue weighted by atomic mass is 16.5. The Kier molecular flexibility index (Phi) is 6.17. The van der Waals surface area contributed by atoms with Crippen LogP contribution in [-0.4, -0.2) is 57.0 Å². The zero-order valence-corrected chi connectivity index (χ0v) is 9.95. The monoisotopic (exact) mass is 216 g/mol. The van der Waals surface area contributed by atoms with Crippen LogP contribution < -0.4 is 5.73 Å². The second kappa shape index (κ2) is 7.17. The Morgan fingerprint density at radius 2 is 2.20 bits per heavy atom.